The smallest absolute Gasteiger partial charge is 0.157 e. The SMILES string of the molecule is CCC(NC1=NCC2(CCCC2)CS1)c1ccccc1. The van der Waals surface area contributed by atoms with E-state index in [0.717, 1.165) is 18.1 Å². The molecule has 1 saturated carbocycles. The van der Waals surface area contributed by atoms with Crippen molar-refractivity contribution < 1.29 is 0 Å². The summed E-state index contributed by atoms with van der Waals surface area (Å²) in [6, 6.07) is 11.1. The van der Waals surface area contributed by atoms with Crippen molar-refractivity contribution in [2.75, 3.05) is 12.3 Å². The number of nitrogens with zero attached hydrogens (tertiary/aromatic N) is 1. The van der Waals surface area contributed by atoms with E-state index in [1.165, 1.54) is 37.0 Å². The van der Waals surface area contributed by atoms with E-state index >= 15 is 0 Å². The minimum atomic E-state index is 0.389. The van der Waals surface area contributed by atoms with Crippen LogP contribution in [0.1, 0.15) is 50.6 Å². The lowest BCUT2D eigenvalue weighted by atomic mass is 9.89. The number of nitrogens with one attached hydrogen (secondary N) is 1. The van der Waals surface area contributed by atoms with Gasteiger partial charge in [-0.2, -0.15) is 0 Å². The molecule has 0 bridgehead atoms. The summed E-state index contributed by atoms with van der Waals surface area (Å²) in [6.07, 6.45) is 6.66. The van der Waals surface area contributed by atoms with Crippen LogP contribution in [0.15, 0.2) is 35.3 Å². The molecule has 108 valence electrons. The Balaban J connectivity index is 1.64. The largest absolute Gasteiger partial charge is 0.358 e. The minimum absolute atomic E-state index is 0.389. The standard InChI is InChI=1S/C17H24N2S/c1-2-15(14-8-4-3-5-9-14)19-16-18-12-17(13-20-16)10-6-7-11-17/h3-5,8-9,15H,2,6-7,10-13H2,1H3,(H,18,19). The van der Waals surface area contributed by atoms with Gasteiger partial charge in [-0.25, -0.2) is 0 Å². The van der Waals surface area contributed by atoms with Gasteiger partial charge in [0.1, 0.15) is 0 Å². The van der Waals surface area contributed by atoms with Gasteiger partial charge >= 0.3 is 0 Å². The van der Waals surface area contributed by atoms with Gasteiger partial charge in [0.2, 0.25) is 0 Å². The molecule has 2 aliphatic rings. The molecule has 0 amide bonds. The summed E-state index contributed by atoms with van der Waals surface area (Å²) in [7, 11) is 0. The van der Waals surface area contributed by atoms with E-state index in [9.17, 15) is 0 Å². The zero-order valence-corrected chi connectivity index (χ0v) is 13.1. The summed E-state index contributed by atoms with van der Waals surface area (Å²) in [4.78, 5) is 4.85. The Labute approximate surface area is 126 Å². The molecule has 1 N–H and O–H groups in total. The second-order valence-electron chi connectivity index (χ2n) is 6.13. The third-order valence-corrected chi connectivity index (χ3v) is 5.92. The molecule has 1 fully saturated rings. The molecule has 3 heteroatoms. The highest BCUT2D eigenvalue weighted by Gasteiger charge is 2.36. The lowest BCUT2D eigenvalue weighted by molar-refractivity contribution is 0.358. The van der Waals surface area contributed by atoms with E-state index in [1.807, 2.05) is 11.8 Å². The van der Waals surface area contributed by atoms with Gasteiger partial charge in [0, 0.05) is 12.3 Å². The average Bonchev–Trinajstić information content (AvgIpc) is 2.96. The third-order valence-electron chi connectivity index (χ3n) is 4.65. The first-order chi connectivity index (χ1) is 9.81. The second-order valence-corrected chi connectivity index (χ2v) is 7.10. The number of hydrogen-bond acceptors (Lipinski definition) is 3. The molecule has 1 aromatic carbocycles. The van der Waals surface area contributed by atoms with Crippen molar-refractivity contribution in [2.24, 2.45) is 10.4 Å². The zero-order chi connectivity index (χ0) is 13.8. The number of rotatable bonds is 3. The normalized spacial score (nSPS) is 22.6. The minimum Gasteiger partial charge on any atom is -0.358 e. The predicted molar refractivity (Wildman–Crippen MR) is 88.3 cm³/mol. The van der Waals surface area contributed by atoms with Crippen molar-refractivity contribution in [1.29, 1.82) is 0 Å². The molecule has 3 rings (SSSR count). The highest BCUT2D eigenvalue weighted by molar-refractivity contribution is 8.13. The molecule has 0 aromatic heterocycles. The molecule has 1 aliphatic carbocycles. The molecule has 1 unspecified atom stereocenters. The maximum atomic E-state index is 4.85. The van der Waals surface area contributed by atoms with E-state index < -0.39 is 0 Å². The molecular weight excluding hydrogens is 264 g/mol. The first-order valence-electron chi connectivity index (χ1n) is 7.80. The molecule has 1 spiro atoms. The van der Waals surface area contributed by atoms with E-state index in [-0.39, 0.29) is 0 Å². The zero-order valence-electron chi connectivity index (χ0n) is 12.3. The lowest BCUT2D eigenvalue weighted by Crippen LogP contribution is -2.35. The van der Waals surface area contributed by atoms with Crippen LogP contribution in [0.2, 0.25) is 0 Å². The van der Waals surface area contributed by atoms with Crippen molar-refractivity contribution in [3.8, 4) is 0 Å². The molecule has 0 radical (unpaired) electrons. The fraction of sp³-hybridized carbons (Fsp3) is 0.588. The molecule has 1 heterocycles. The first kappa shape index (κ1) is 14.0. The van der Waals surface area contributed by atoms with Gasteiger partial charge in [0.05, 0.1) is 6.04 Å². The fourth-order valence-corrected chi connectivity index (χ4v) is 4.53. The molecule has 1 aromatic rings. The molecular formula is C17H24N2S. The summed E-state index contributed by atoms with van der Waals surface area (Å²) in [6.45, 7) is 3.27. The van der Waals surface area contributed by atoms with Crippen LogP contribution in [0.4, 0.5) is 0 Å². The van der Waals surface area contributed by atoms with Crippen LogP contribution in [0.3, 0.4) is 0 Å². The van der Waals surface area contributed by atoms with Crippen LogP contribution in [0, 0.1) is 5.41 Å². The lowest BCUT2D eigenvalue weighted by Gasteiger charge is -2.32. The van der Waals surface area contributed by atoms with Crippen LogP contribution in [0.25, 0.3) is 0 Å². The van der Waals surface area contributed by atoms with Crippen LogP contribution in [0.5, 0.6) is 0 Å². The van der Waals surface area contributed by atoms with E-state index in [4.69, 9.17) is 4.99 Å². The maximum absolute atomic E-state index is 4.85. The van der Waals surface area contributed by atoms with Crippen molar-refractivity contribution >= 4 is 16.9 Å². The Morgan fingerprint density at radius 2 is 2.00 bits per heavy atom. The Morgan fingerprint density at radius 1 is 1.25 bits per heavy atom. The van der Waals surface area contributed by atoms with Crippen LogP contribution < -0.4 is 5.32 Å². The molecule has 20 heavy (non-hydrogen) atoms. The topological polar surface area (TPSA) is 24.4 Å². The maximum Gasteiger partial charge on any atom is 0.157 e. The second kappa shape index (κ2) is 6.21. The molecule has 2 nitrogen and oxygen atoms in total. The first-order valence-corrected chi connectivity index (χ1v) is 8.79. The van der Waals surface area contributed by atoms with E-state index in [0.29, 0.717) is 11.5 Å². The van der Waals surface area contributed by atoms with Crippen molar-refractivity contribution in [3.05, 3.63) is 35.9 Å². The van der Waals surface area contributed by atoms with Crippen molar-refractivity contribution in [2.45, 2.75) is 45.1 Å². The van der Waals surface area contributed by atoms with Gasteiger partial charge in [0.15, 0.2) is 5.17 Å². The highest BCUT2D eigenvalue weighted by atomic mass is 32.2. The van der Waals surface area contributed by atoms with Crippen LogP contribution >= 0.6 is 11.8 Å². The van der Waals surface area contributed by atoms with Crippen molar-refractivity contribution in [1.82, 2.24) is 5.32 Å². The summed E-state index contributed by atoms with van der Waals surface area (Å²) >= 11 is 1.94. The van der Waals surface area contributed by atoms with Crippen LogP contribution in [-0.4, -0.2) is 17.5 Å². The van der Waals surface area contributed by atoms with E-state index in [1.54, 1.807) is 0 Å². The summed E-state index contributed by atoms with van der Waals surface area (Å²) < 4.78 is 0. The van der Waals surface area contributed by atoms with Gasteiger partial charge in [-0.1, -0.05) is 61.9 Å². The van der Waals surface area contributed by atoms with E-state index in [2.05, 4.69) is 42.6 Å². The number of amidine groups is 1. The van der Waals surface area contributed by atoms with Gasteiger partial charge < -0.3 is 5.32 Å². The summed E-state index contributed by atoms with van der Waals surface area (Å²) in [5, 5.41) is 4.79. The Kier molecular flexibility index (Phi) is 4.35. The Morgan fingerprint density at radius 3 is 2.60 bits per heavy atom. The van der Waals surface area contributed by atoms with Gasteiger partial charge in [-0.05, 0) is 30.2 Å². The number of thioether (sulfide) groups is 1. The summed E-state index contributed by atoms with van der Waals surface area (Å²) in [5.74, 6) is 1.25. The fourth-order valence-electron chi connectivity index (χ4n) is 3.32. The third kappa shape index (κ3) is 3.03. The number of aliphatic imine (C=N–C) groups is 1. The van der Waals surface area contributed by atoms with Gasteiger partial charge in [-0.15, -0.1) is 0 Å². The quantitative estimate of drug-likeness (QED) is 0.892. The number of benzene rings is 1. The van der Waals surface area contributed by atoms with Gasteiger partial charge in [-0.3, -0.25) is 4.99 Å². The van der Waals surface area contributed by atoms with Crippen molar-refractivity contribution in [3.63, 3.8) is 0 Å². The number of hydrogen-bond donors (Lipinski definition) is 1. The Hall–Kier alpha value is -0.960. The summed E-state index contributed by atoms with van der Waals surface area (Å²) in [5.41, 5.74) is 1.89. The Bertz CT molecular complexity index is 463. The monoisotopic (exact) mass is 288 g/mol. The van der Waals surface area contributed by atoms with Gasteiger partial charge in [0.25, 0.3) is 0 Å². The molecule has 1 atom stereocenters. The predicted octanol–water partition coefficient (Wildman–Crippen LogP) is 4.39. The van der Waals surface area contributed by atoms with Crippen LogP contribution in [-0.2, 0) is 0 Å². The molecule has 1 aliphatic heterocycles. The average molecular weight is 288 g/mol. The highest BCUT2D eigenvalue weighted by Crippen LogP contribution is 2.43. The molecule has 0 saturated heterocycles.